The first-order chi connectivity index (χ1) is 6.77. The molecular formula is C11H17IN2. The number of nitrogens with zero attached hydrogens (tertiary/aromatic N) is 2. The quantitative estimate of drug-likeness (QED) is 0.571. The van der Waals surface area contributed by atoms with E-state index in [4.69, 9.17) is 0 Å². The van der Waals surface area contributed by atoms with E-state index < -0.39 is 0 Å². The van der Waals surface area contributed by atoms with Crippen LogP contribution in [-0.2, 0) is 0 Å². The largest absolute Gasteiger partial charge is 0.268 e. The normalized spacial score (nSPS) is 19.6. The van der Waals surface area contributed by atoms with Crippen molar-refractivity contribution in [2.45, 2.75) is 51.5 Å². The van der Waals surface area contributed by atoms with Crippen molar-refractivity contribution in [1.82, 2.24) is 9.78 Å². The van der Waals surface area contributed by atoms with Gasteiger partial charge in [-0.1, -0.05) is 25.7 Å². The third-order valence-electron chi connectivity index (χ3n) is 3.05. The van der Waals surface area contributed by atoms with Crippen molar-refractivity contribution in [2.24, 2.45) is 0 Å². The average molecular weight is 304 g/mol. The van der Waals surface area contributed by atoms with Crippen molar-refractivity contribution in [2.75, 3.05) is 0 Å². The summed E-state index contributed by atoms with van der Waals surface area (Å²) in [6, 6.07) is 0.666. The molecular weight excluding hydrogens is 287 g/mol. The van der Waals surface area contributed by atoms with Gasteiger partial charge in [0.15, 0.2) is 0 Å². The summed E-state index contributed by atoms with van der Waals surface area (Å²) in [6.45, 7) is 2.14. The summed E-state index contributed by atoms with van der Waals surface area (Å²) in [6.07, 6.45) is 10.4. The molecule has 0 unspecified atom stereocenters. The maximum Gasteiger partial charge on any atom is 0.126 e. The number of hydrogen-bond acceptors (Lipinski definition) is 1. The third kappa shape index (κ3) is 2.30. The van der Waals surface area contributed by atoms with Crippen molar-refractivity contribution in [3.05, 3.63) is 15.5 Å². The molecule has 1 fully saturated rings. The lowest BCUT2D eigenvalue weighted by atomic mass is 10.1. The van der Waals surface area contributed by atoms with Crippen LogP contribution < -0.4 is 0 Å². The van der Waals surface area contributed by atoms with E-state index in [9.17, 15) is 0 Å². The highest BCUT2D eigenvalue weighted by Gasteiger charge is 2.15. The molecule has 1 heterocycles. The summed E-state index contributed by atoms with van der Waals surface area (Å²) in [5.74, 6) is 0. The Kier molecular flexibility index (Phi) is 3.47. The van der Waals surface area contributed by atoms with Gasteiger partial charge in [0, 0.05) is 11.8 Å². The van der Waals surface area contributed by atoms with E-state index in [-0.39, 0.29) is 0 Å². The second-order valence-electron chi connectivity index (χ2n) is 4.23. The van der Waals surface area contributed by atoms with E-state index in [1.54, 1.807) is 0 Å². The average Bonchev–Trinajstić information content (AvgIpc) is 2.46. The zero-order chi connectivity index (χ0) is 9.97. The molecule has 1 saturated carbocycles. The molecule has 0 bridgehead atoms. The van der Waals surface area contributed by atoms with Crippen molar-refractivity contribution >= 4 is 22.6 Å². The molecule has 0 radical (unpaired) electrons. The summed E-state index contributed by atoms with van der Waals surface area (Å²) in [4.78, 5) is 0. The zero-order valence-electron chi connectivity index (χ0n) is 8.67. The van der Waals surface area contributed by atoms with E-state index in [0.717, 1.165) is 3.70 Å². The van der Waals surface area contributed by atoms with Crippen LogP contribution in [0, 0.1) is 10.6 Å². The van der Waals surface area contributed by atoms with Crippen LogP contribution in [0.3, 0.4) is 0 Å². The van der Waals surface area contributed by atoms with Crippen LogP contribution in [0.2, 0.25) is 0 Å². The molecule has 0 saturated heterocycles. The van der Waals surface area contributed by atoms with Crippen LogP contribution in [0.15, 0.2) is 6.20 Å². The van der Waals surface area contributed by atoms with Crippen LogP contribution in [-0.4, -0.2) is 9.78 Å². The van der Waals surface area contributed by atoms with Crippen molar-refractivity contribution in [1.29, 1.82) is 0 Å². The summed E-state index contributed by atoms with van der Waals surface area (Å²) in [5.41, 5.74) is 1.31. The van der Waals surface area contributed by atoms with Gasteiger partial charge >= 0.3 is 0 Å². The Bertz CT molecular complexity index is 279. The number of hydrogen-bond donors (Lipinski definition) is 0. The zero-order valence-corrected chi connectivity index (χ0v) is 10.8. The van der Waals surface area contributed by atoms with E-state index in [0.29, 0.717) is 6.04 Å². The molecule has 1 aromatic heterocycles. The monoisotopic (exact) mass is 304 g/mol. The molecule has 14 heavy (non-hydrogen) atoms. The Morgan fingerprint density at radius 1 is 1.29 bits per heavy atom. The maximum absolute atomic E-state index is 4.58. The van der Waals surface area contributed by atoms with Crippen molar-refractivity contribution < 1.29 is 0 Å². The van der Waals surface area contributed by atoms with Crippen LogP contribution >= 0.6 is 22.6 Å². The van der Waals surface area contributed by atoms with E-state index in [2.05, 4.69) is 45.5 Å². The number of aryl methyl sites for hydroxylation is 1. The highest BCUT2D eigenvalue weighted by molar-refractivity contribution is 14.1. The second-order valence-corrected chi connectivity index (χ2v) is 5.25. The molecule has 0 spiro atoms. The second kappa shape index (κ2) is 4.64. The molecule has 0 aromatic carbocycles. The van der Waals surface area contributed by atoms with Gasteiger partial charge in [-0.15, -0.1) is 0 Å². The van der Waals surface area contributed by atoms with Gasteiger partial charge in [0.1, 0.15) is 3.70 Å². The maximum atomic E-state index is 4.58. The smallest absolute Gasteiger partial charge is 0.126 e. The molecule has 2 rings (SSSR count). The Morgan fingerprint density at radius 3 is 2.43 bits per heavy atom. The van der Waals surface area contributed by atoms with Crippen molar-refractivity contribution in [3.8, 4) is 0 Å². The molecule has 78 valence electrons. The van der Waals surface area contributed by atoms with E-state index >= 15 is 0 Å². The molecule has 0 atom stereocenters. The summed E-state index contributed by atoms with van der Waals surface area (Å²) >= 11 is 2.32. The minimum Gasteiger partial charge on any atom is -0.268 e. The van der Waals surface area contributed by atoms with Gasteiger partial charge in [-0.3, -0.25) is 4.68 Å². The summed E-state index contributed by atoms with van der Waals surface area (Å²) < 4.78 is 3.36. The third-order valence-corrected chi connectivity index (χ3v) is 4.12. The fourth-order valence-electron chi connectivity index (χ4n) is 2.17. The fourth-order valence-corrected chi connectivity index (χ4v) is 2.56. The number of halogens is 1. The molecule has 1 aliphatic carbocycles. The summed E-state index contributed by atoms with van der Waals surface area (Å²) in [7, 11) is 0. The molecule has 1 aliphatic rings. The minimum atomic E-state index is 0.666. The highest BCUT2D eigenvalue weighted by Crippen LogP contribution is 2.27. The molecule has 3 heteroatoms. The van der Waals surface area contributed by atoms with Crippen LogP contribution in [0.1, 0.15) is 50.1 Å². The molecule has 0 N–H and O–H groups in total. The predicted molar refractivity (Wildman–Crippen MR) is 66.4 cm³/mol. The lowest BCUT2D eigenvalue weighted by Crippen LogP contribution is -2.08. The van der Waals surface area contributed by atoms with Crippen molar-refractivity contribution in [3.63, 3.8) is 0 Å². The first-order valence-corrected chi connectivity index (χ1v) is 6.56. The SMILES string of the molecule is Cc1cn(C2CCCCCC2)nc1I. The number of aromatic nitrogens is 2. The van der Waals surface area contributed by atoms with Crippen LogP contribution in [0.25, 0.3) is 0 Å². The number of rotatable bonds is 1. The fraction of sp³-hybridized carbons (Fsp3) is 0.727. The van der Waals surface area contributed by atoms with Gasteiger partial charge in [-0.05, 0) is 42.4 Å². The molecule has 2 nitrogen and oxygen atoms in total. The van der Waals surface area contributed by atoms with Gasteiger partial charge in [-0.25, -0.2) is 0 Å². The standard InChI is InChI=1S/C11H17IN2/c1-9-8-14(13-11(9)12)10-6-4-2-3-5-7-10/h8,10H,2-7H2,1H3. The van der Waals surface area contributed by atoms with Gasteiger partial charge in [0.25, 0.3) is 0 Å². The van der Waals surface area contributed by atoms with E-state index in [1.165, 1.54) is 44.1 Å². The Balaban J connectivity index is 2.12. The summed E-state index contributed by atoms with van der Waals surface area (Å²) in [5, 5.41) is 4.58. The molecule has 0 aliphatic heterocycles. The van der Waals surface area contributed by atoms with E-state index in [1.807, 2.05) is 0 Å². The van der Waals surface area contributed by atoms with Gasteiger partial charge in [0.05, 0.1) is 6.04 Å². The Labute approximate surface area is 99.2 Å². The lowest BCUT2D eigenvalue weighted by Gasteiger charge is -2.13. The van der Waals surface area contributed by atoms with Gasteiger partial charge in [0.2, 0.25) is 0 Å². The predicted octanol–water partition coefficient (Wildman–Crippen LogP) is 3.69. The first-order valence-electron chi connectivity index (χ1n) is 5.48. The Hall–Kier alpha value is -0.0600. The van der Waals surface area contributed by atoms with Crippen LogP contribution in [0.4, 0.5) is 0 Å². The lowest BCUT2D eigenvalue weighted by molar-refractivity contribution is 0.404. The molecule has 1 aromatic rings. The Morgan fingerprint density at radius 2 is 1.93 bits per heavy atom. The van der Waals surface area contributed by atoms with Gasteiger partial charge in [-0.2, -0.15) is 5.10 Å². The highest BCUT2D eigenvalue weighted by atomic mass is 127. The molecule has 0 amide bonds. The topological polar surface area (TPSA) is 17.8 Å². The first kappa shape index (κ1) is 10.5. The van der Waals surface area contributed by atoms with Crippen LogP contribution in [0.5, 0.6) is 0 Å². The minimum absolute atomic E-state index is 0.666. The van der Waals surface area contributed by atoms with Gasteiger partial charge < -0.3 is 0 Å².